The normalized spacial score (nSPS) is 17.3. The van der Waals surface area contributed by atoms with Crippen LogP contribution in [0.15, 0.2) is 54.7 Å². The first kappa shape index (κ1) is 17.3. The molecule has 1 aliphatic rings. The summed E-state index contributed by atoms with van der Waals surface area (Å²) in [4.78, 5) is 27.8. The van der Waals surface area contributed by atoms with Gasteiger partial charge in [-0.1, -0.05) is 42.5 Å². The van der Waals surface area contributed by atoms with Crippen molar-refractivity contribution >= 4 is 22.8 Å². The highest BCUT2D eigenvalue weighted by Gasteiger charge is 2.30. The molecule has 0 spiro atoms. The summed E-state index contributed by atoms with van der Waals surface area (Å²) in [5, 5.41) is 13.4. The molecule has 0 aliphatic heterocycles. The lowest BCUT2D eigenvalue weighted by molar-refractivity contribution is -0.142. The highest BCUT2D eigenvalue weighted by Crippen LogP contribution is 2.31. The number of benzene rings is 2. The van der Waals surface area contributed by atoms with Gasteiger partial charge in [-0.3, -0.25) is 4.79 Å². The number of nitrogens with one attached hydrogen (secondary N) is 2. The number of aromatic amines is 1. The molecule has 2 atom stereocenters. The van der Waals surface area contributed by atoms with Crippen LogP contribution in [-0.2, 0) is 22.4 Å². The average Bonchev–Trinajstić information content (AvgIpc) is 3.10. The molecule has 5 heteroatoms. The van der Waals surface area contributed by atoms with Crippen LogP contribution in [-0.4, -0.2) is 28.0 Å². The van der Waals surface area contributed by atoms with Crippen LogP contribution in [0, 0.1) is 0 Å². The third-order valence-electron chi connectivity index (χ3n) is 5.40. The van der Waals surface area contributed by atoms with Crippen LogP contribution >= 0.6 is 0 Å². The van der Waals surface area contributed by atoms with E-state index in [0.29, 0.717) is 0 Å². The molecule has 5 nitrogen and oxygen atoms in total. The highest BCUT2D eigenvalue weighted by molar-refractivity contribution is 5.89. The quantitative estimate of drug-likeness (QED) is 0.651. The van der Waals surface area contributed by atoms with E-state index in [-0.39, 0.29) is 18.2 Å². The molecule has 0 fully saturated rings. The summed E-state index contributed by atoms with van der Waals surface area (Å²) in [6.45, 7) is 0. The molecular formula is C22H22N2O3. The molecule has 27 heavy (non-hydrogen) atoms. The molecule has 1 heterocycles. The Morgan fingerprint density at radius 3 is 2.78 bits per heavy atom. The predicted octanol–water partition coefficient (Wildman–Crippen LogP) is 3.40. The lowest BCUT2D eigenvalue weighted by Crippen LogP contribution is -2.44. The SMILES string of the molecule is O=C(N[C@@H](Cc1c[nH]c2ccccc12)C(=O)O)C1CCCc2ccccc21. The van der Waals surface area contributed by atoms with E-state index < -0.39 is 12.0 Å². The van der Waals surface area contributed by atoms with Gasteiger partial charge in [0.1, 0.15) is 6.04 Å². The second-order valence-electron chi connectivity index (χ2n) is 7.11. The van der Waals surface area contributed by atoms with Gasteiger partial charge in [0.25, 0.3) is 0 Å². The number of carbonyl (C=O) groups excluding carboxylic acids is 1. The third kappa shape index (κ3) is 3.45. The van der Waals surface area contributed by atoms with Crippen molar-refractivity contribution in [1.29, 1.82) is 0 Å². The van der Waals surface area contributed by atoms with Crippen LogP contribution in [0.25, 0.3) is 10.9 Å². The fraction of sp³-hybridized carbons (Fsp3) is 0.273. The predicted molar refractivity (Wildman–Crippen MR) is 104 cm³/mol. The van der Waals surface area contributed by atoms with Crippen molar-refractivity contribution in [2.24, 2.45) is 0 Å². The van der Waals surface area contributed by atoms with Gasteiger partial charge in [0.15, 0.2) is 0 Å². The molecule has 1 amide bonds. The number of rotatable bonds is 5. The van der Waals surface area contributed by atoms with Crippen LogP contribution in [0.2, 0.25) is 0 Å². The number of fused-ring (bicyclic) bond motifs is 2. The highest BCUT2D eigenvalue weighted by atomic mass is 16.4. The van der Waals surface area contributed by atoms with Gasteiger partial charge < -0.3 is 15.4 Å². The van der Waals surface area contributed by atoms with Gasteiger partial charge in [0.2, 0.25) is 5.91 Å². The fourth-order valence-corrected chi connectivity index (χ4v) is 4.02. The van der Waals surface area contributed by atoms with Gasteiger partial charge in [0, 0.05) is 23.5 Å². The molecule has 0 bridgehead atoms. The van der Waals surface area contributed by atoms with Crippen molar-refractivity contribution in [2.75, 3.05) is 0 Å². The van der Waals surface area contributed by atoms with Crippen molar-refractivity contribution in [1.82, 2.24) is 10.3 Å². The van der Waals surface area contributed by atoms with Gasteiger partial charge in [-0.2, -0.15) is 0 Å². The number of carbonyl (C=O) groups is 2. The Morgan fingerprint density at radius 1 is 1.15 bits per heavy atom. The van der Waals surface area contributed by atoms with Crippen molar-refractivity contribution < 1.29 is 14.7 Å². The molecule has 138 valence electrons. The molecular weight excluding hydrogens is 340 g/mol. The molecule has 3 N–H and O–H groups in total. The van der Waals surface area contributed by atoms with Crippen LogP contribution in [0.1, 0.15) is 35.4 Å². The molecule has 3 aromatic rings. The van der Waals surface area contributed by atoms with Crippen molar-refractivity contribution in [3.8, 4) is 0 Å². The number of aliphatic carboxylic acids is 1. The minimum atomic E-state index is -1.02. The van der Waals surface area contributed by atoms with Gasteiger partial charge in [-0.25, -0.2) is 4.79 Å². The van der Waals surface area contributed by atoms with Crippen LogP contribution in [0.3, 0.4) is 0 Å². The summed E-state index contributed by atoms with van der Waals surface area (Å²) >= 11 is 0. The average molecular weight is 362 g/mol. The summed E-state index contributed by atoms with van der Waals surface area (Å²) in [6.07, 6.45) is 4.73. The lowest BCUT2D eigenvalue weighted by Gasteiger charge is -2.26. The Labute approximate surface area is 157 Å². The Hall–Kier alpha value is -3.08. The molecule has 4 rings (SSSR count). The molecule has 0 radical (unpaired) electrons. The van der Waals surface area contributed by atoms with Gasteiger partial charge in [-0.05, 0) is 42.0 Å². The number of para-hydroxylation sites is 1. The van der Waals surface area contributed by atoms with E-state index in [9.17, 15) is 14.7 Å². The maximum Gasteiger partial charge on any atom is 0.326 e. The van der Waals surface area contributed by atoms with E-state index in [4.69, 9.17) is 0 Å². The number of aryl methyl sites for hydroxylation is 1. The molecule has 0 saturated carbocycles. The van der Waals surface area contributed by atoms with Gasteiger partial charge >= 0.3 is 5.97 Å². The smallest absolute Gasteiger partial charge is 0.326 e. The van der Waals surface area contributed by atoms with E-state index in [2.05, 4.69) is 16.4 Å². The minimum Gasteiger partial charge on any atom is -0.480 e. The Kier molecular flexibility index (Phi) is 4.67. The maximum atomic E-state index is 12.9. The first-order valence-corrected chi connectivity index (χ1v) is 9.29. The van der Waals surface area contributed by atoms with Crippen LogP contribution in [0.5, 0.6) is 0 Å². The molecule has 2 aromatic carbocycles. The van der Waals surface area contributed by atoms with E-state index in [1.54, 1.807) is 0 Å². The van der Waals surface area contributed by atoms with Crippen molar-refractivity contribution in [3.63, 3.8) is 0 Å². The summed E-state index contributed by atoms with van der Waals surface area (Å²) in [7, 11) is 0. The number of hydrogen-bond donors (Lipinski definition) is 3. The maximum absolute atomic E-state index is 12.9. The standard InChI is InChI=1S/C22H22N2O3/c25-21(18-10-5-7-14-6-1-2-8-16(14)18)24-20(22(26)27)12-15-13-23-19-11-4-3-9-17(15)19/h1-4,6,8-9,11,13,18,20,23H,5,7,10,12H2,(H,24,25)(H,26,27)/t18?,20-/m0/s1. The topological polar surface area (TPSA) is 82.2 Å². The van der Waals surface area contributed by atoms with Gasteiger partial charge in [-0.15, -0.1) is 0 Å². The molecule has 1 aliphatic carbocycles. The second-order valence-corrected chi connectivity index (χ2v) is 7.11. The Morgan fingerprint density at radius 2 is 1.93 bits per heavy atom. The first-order chi connectivity index (χ1) is 13.1. The van der Waals surface area contributed by atoms with Crippen molar-refractivity contribution in [2.45, 2.75) is 37.6 Å². The Balaban J connectivity index is 1.54. The first-order valence-electron chi connectivity index (χ1n) is 9.29. The van der Waals surface area contributed by atoms with Crippen LogP contribution in [0.4, 0.5) is 0 Å². The fourth-order valence-electron chi connectivity index (χ4n) is 4.02. The Bertz CT molecular complexity index is 992. The number of carboxylic acid groups (broad SMARTS) is 1. The number of hydrogen-bond acceptors (Lipinski definition) is 2. The number of carboxylic acids is 1. The van der Waals surface area contributed by atoms with Crippen molar-refractivity contribution in [3.05, 3.63) is 71.4 Å². The van der Waals surface area contributed by atoms with E-state index >= 15 is 0 Å². The number of aromatic nitrogens is 1. The summed E-state index contributed by atoms with van der Waals surface area (Å²) < 4.78 is 0. The zero-order valence-electron chi connectivity index (χ0n) is 14.9. The third-order valence-corrected chi connectivity index (χ3v) is 5.40. The summed E-state index contributed by atoms with van der Waals surface area (Å²) in [5.41, 5.74) is 4.07. The number of amides is 1. The summed E-state index contributed by atoms with van der Waals surface area (Å²) in [5.74, 6) is -1.49. The van der Waals surface area contributed by atoms with E-state index in [1.807, 2.05) is 48.7 Å². The van der Waals surface area contributed by atoms with E-state index in [0.717, 1.165) is 41.3 Å². The molecule has 1 unspecified atom stereocenters. The summed E-state index contributed by atoms with van der Waals surface area (Å²) in [6, 6.07) is 14.8. The largest absolute Gasteiger partial charge is 0.480 e. The van der Waals surface area contributed by atoms with E-state index in [1.165, 1.54) is 5.56 Å². The zero-order valence-corrected chi connectivity index (χ0v) is 14.9. The molecule has 0 saturated heterocycles. The number of H-pyrrole nitrogens is 1. The second kappa shape index (κ2) is 7.27. The zero-order chi connectivity index (χ0) is 18.8. The molecule has 1 aromatic heterocycles. The van der Waals surface area contributed by atoms with Crippen LogP contribution < -0.4 is 5.32 Å². The lowest BCUT2D eigenvalue weighted by atomic mass is 9.82. The minimum absolute atomic E-state index is 0.200. The van der Waals surface area contributed by atoms with Gasteiger partial charge in [0.05, 0.1) is 5.92 Å². The monoisotopic (exact) mass is 362 g/mol.